The molecule has 0 radical (unpaired) electrons. The molecule has 1 rings (SSSR count). The molecule has 0 unspecified atom stereocenters. The van der Waals surface area contributed by atoms with Gasteiger partial charge in [0.1, 0.15) is 5.57 Å². The maximum atomic E-state index is 11.0. The van der Waals surface area contributed by atoms with Gasteiger partial charge in [0, 0.05) is 7.05 Å². The summed E-state index contributed by atoms with van der Waals surface area (Å²) in [6.45, 7) is 0. The lowest BCUT2D eigenvalue weighted by Crippen LogP contribution is -2.09. The third kappa shape index (κ3) is 1.60. The van der Waals surface area contributed by atoms with Crippen LogP contribution in [0.2, 0.25) is 0 Å². The monoisotopic (exact) mass is 180 g/mol. The summed E-state index contributed by atoms with van der Waals surface area (Å²) in [4.78, 5) is 11.0. The summed E-state index contributed by atoms with van der Waals surface area (Å²) in [5.41, 5.74) is -0.213. The molecule has 0 atom stereocenters. The highest BCUT2D eigenvalue weighted by molar-refractivity contribution is 6.25. The first kappa shape index (κ1) is 9.08. The second-order valence-corrected chi connectivity index (χ2v) is 2.10. The topological polar surface area (TPSA) is 92.2 Å². The van der Waals surface area contributed by atoms with Crippen molar-refractivity contribution in [2.24, 2.45) is 7.05 Å². The van der Waals surface area contributed by atoms with E-state index in [9.17, 15) is 4.79 Å². The van der Waals surface area contributed by atoms with E-state index in [1.807, 2.05) is 0 Å². The number of ether oxygens (including phenoxy) is 1. The molecular weight excluding hydrogens is 174 g/mol. The lowest BCUT2D eigenvalue weighted by atomic mass is 10.3. The van der Waals surface area contributed by atoms with Crippen molar-refractivity contribution in [3.8, 4) is 0 Å². The number of methoxy groups -OCH3 is 1. The minimum Gasteiger partial charge on any atom is -0.762 e. The van der Waals surface area contributed by atoms with Gasteiger partial charge in [-0.25, -0.2) is 9.48 Å². The molecule has 7 heteroatoms. The Morgan fingerprint density at radius 3 is 2.77 bits per heavy atom. The number of carbonyl (C=O) groups is 1. The van der Waals surface area contributed by atoms with Gasteiger partial charge in [0.15, 0.2) is 5.82 Å². The lowest BCUT2D eigenvalue weighted by Gasteiger charge is -2.00. The van der Waals surface area contributed by atoms with Gasteiger partial charge < -0.3 is 10.1 Å². The van der Waals surface area contributed by atoms with Crippen LogP contribution in [0.25, 0.3) is 11.0 Å². The van der Waals surface area contributed by atoms with Crippen LogP contribution in [0, 0.1) is 0 Å². The van der Waals surface area contributed by atoms with Gasteiger partial charge in [0.05, 0.1) is 7.11 Å². The van der Waals surface area contributed by atoms with E-state index >= 15 is 0 Å². The molecule has 13 heavy (non-hydrogen) atoms. The van der Waals surface area contributed by atoms with Crippen LogP contribution in [0.3, 0.4) is 0 Å². The van der Waals surface area contributed by atoms with E-state index in [-0.39, 0.29) is 11.4 Å². The fourth-order valence-electron chi connectivity index (χ4n) is 0.730. The number of rotatable bonds is 2. The highest BCUT2D eigenvalue weighted by atomic mass is 16.5. The Morgan fingerprint density at radius 2 is 2.38 bits per heavy atom. The van der Waals surface area contributed by atoms with Gasteiger partial charge in [-0.1, -0.05) is 0 Å². The van der Waals surface area contributed by atoms with E-state index in [1.165, 1.54) is 18.8 Å². The Morgan fingerprint density at radius 1 is 1.69 bits per heavy atom. The zero-order chi connectivity index (χ0) is 9.84. The summed E-state index contributed by atoms with van der Waals surface area (Å²) < 4.78 is 5.59. The molecule has 0 amide bonds. The maximum Gasteiger partial charge on any atom is 0.347 e. The molecule has 0 aromatic carbocycles. The third-order valence-corrected chi connectivity index (χ3v) is 1.35. The Bertz CT molecular complexity index is 376. The summed E-state index contributed by atoms with van der Waals surface area (Å²) in [5, 5.41) is 18.9. The number of hydrogen-bond acceptors (Lipinski definition) is 5. The summed E-state index contributed by atoms with van der Waals surface area (Å²) in [7, 11) is 2.71. The van der Waals surface area contributed by atoms with Gasteiger partial charge >= 0.3 is 5.97 Å². The summed E-state index contributed by atoms with van der Waals surface area (Å²) in [5.74, 6) is 1.02. The quantitative estimate of drug-likeness (QED) is 0.331. The van der Waals surface area contributed by atoms with Gasteiger partial charge in [0.25, 0.3) is 0 Å². The van der Waals surface area contributed by atoms with Gasteiger partial charge in [0.2, 0.25) is 0 Å². The highest BCUT2D eigenvalue weighted by Gasteiger charge is 2.15. The predicted molar refractivity (Wildman–Crippen MR) is 42.6 cm³/mol. The van der Waals surface area contributed by atoms with Crippen molar-refractivity contribution in [1.82, 2.24) is 20.2 Å². The van der Waals surface area contributed by atoms with Crippen LogP contribution >= 0.6 is 0 Å². The molecule has 1 aromatic rings. The molecule has 0 fully saturated rings. The molecule has 0 aliphatic rings. The zero-order valence-corrected chi connectivity index (χ0v) is 7.05. The number of aromatic nitrogens is 4. The van der Waals surface area contributed by atoms with Crippen LogP contribution in [0.4, 0.5) is 0 Å². The molecule has 0 saturated heterocycles. The molecule has 1 aromatic heterocycles. The van der Waals surface area contributed by atoms with Crippen molar-refractivity contribution in [3.05, 3.63) is 11.2 Å². The molecule has 68 valence electrons. The van der Waals surface area contributed by atoms with Crippen molar-refractivity contribution in [2.45, 2.75) is 0 Å². The van der Waals surface area contributed by atoms with Crippen LogP contribution in [-0.2, 0) is 16.6 Å². The van der Waals surface area contributed by atoms with Crippen molar-refractivity contribution in [1.29, 1.82) is 0 Å². The first-order chi connectivity index (χ1) is 6.20. The molecule has 1 heterocycles. The van der Waals surface area contributed by atoms with Crippen molar-refractivity contribution in [3.63, 3.8) is 0 Å². The minimum absolute atomic E-state index is 0.0920. The van der Waals surface area contributed by atoms with Gasteiger partial charge in [-0.15, -0.1) is 5.10 Å². The van der Waals surface area contributed by atoms with Crippen LogP contribution in [-0.4, -0.2) is 39.2 Å². The molecule has 7 nitrogen and oxygen atoms in total. The van der Waals surface area contributed by atoms with E-state index < -0.39 is 5.97 Å². The van der Waals surface area contributed by atoms with E-state index in [1.54, 1.807) is 5.87 Å². The first-order valence-corrected chi connectivity index (χ1v) is 3.28. The fraction of sp³-hybridized carbons (Fsp3) is 0.333. The van der Waals surface area contributed by atoms with Crippen LogP contribution in [0.15, 0.2) is 0 Å². The number of tetrazole rings is 1. The van der Waals surface area contributed by atoms with Crippen molar-refractivity contribution < 1.29 is 9.53 Å². The van der Waals surface area contributed by atoms with Crippen LogP contribution in [0.1, 0.15) is 5.82 Å². The fourth-order valence-corrected chi connectivity index (χ4v) is 0.730. The molecule has 0 saturated carbocycles. The second-order valence-electron chi connectivity index (χ2n) is 2.10. The zero-order valence-electron chi connectivity index (χ0n) is 7.05. The predicted octanol–water partition coefficient (Wildman–Crippen LogP) is -0.994. The van der Waals surface area contributed by atoms with Gasteiger partial charge in [-0.3, -0.25) is 5.87 Å². The first-order valence-electron chi connectivity index (χ1n) is 3.28. The average Bonchev–Trinajstić information content (AvgIpc) is 2.53. The summed E-state index contributed by atoms with van der Waals surface area (Å²) >= 11 is 0. The Kier molecular flexibility index (Phi) is 2.51. The van der Waals surface area contributed by atoms with Crippen molar-refractivity contribution in [2.75, 3.05) is 7.11 Å². The van der Waals surface area contributed by atoms with Gasteiger partial charge in [-0.2, -0.15) is 0 Å². The number of nitrogens with zero attached hydrogens (tertiary/aromatic N) is 5. The lowest BCUT2D eigenvalue weighted by molar-refractivity contribution is -0.133. The summed E-state index contributed by atoms with van der Waals surface area (Å²) in [6.07, 6.45) is 0. The van der Waals surface area contributed by atoms with Crippen molar-refractivity contribution >= 4 is 17.4 Å². The maximum absolute atomic E-state index is 11.0. The molecule has 0 aliphatic heterocycles. The Labute approximate surface area is 73.5 Å². The Hall–Kier alpha value is -2.01. The molecule has 0 bridgehead atoms. The normalized spacial score (nSPS) is 9.08. The second kappa shape index (κ2) is 3.59. The van der Waals surface area contributed by atoms with E-state index in [4.69, 9.17) is 5.41 Å². The van der Waals surface area contributed by atoms with Crippen LogP contribution < -0.4 is 0 Å². The molecule has 0 N–H and O–H groups in total. The molecular formula is C6H6N5O2-. The van der Waals surface area contributed by atoms with E-state index in [0.717, 1.165) is 0 Å². The number of carbonyl (C=O) groups excluding carboxylic acids is 1. The molecule has 0 spiro atoms. The largest absolute Gasteiger partial charge is 0.762 e. The minimum atomic E-state index is -0.750. The number of aryl methyl sites for hydroxylation is 1. The standard InChI is InChI=1S/C6H6N5O2/c1-11-5(8-9-10-11)4(3-7)6(12)13-2/h1-2H3/q-1. The van der Waals surface area contributed by atoms with E-state index in [2.05, 4.69) is 20.3 Å². The van der Waals surface area contributed by atoms with E-state index in [0.29, 0.717) is 0 Å². The average molecular weight is 180 g/mol. The number of esters is 1. The third-order valence-electron chi connectivity index (χ3n) is 1.35. The van der Waals surface area contributed by atoms with Crippen LogP contribution in [0.5, 0.6) is 0 Å². The number of hydrogen-bond donors (Lipinski definition) is 0. The SMILES string of the molecule is COC(=O)C(=C=[N-])c1nnnn1C. The smallest absolute Gasteiger partial charge is 0.347 e. The molecule has 0 aliphatic carbocycles. The Balaban J connectivity index is 3.14. The van der Waals surface area contributed by atoms with Gasteiger partial charge in [-0.05, 0) is 10.4 Å². The summed E-state index contributed by atoms with van der Waals surface area (Å²) in [6, 6.07) is 0. The highest BCUT2D eigenvalue weighted by Crippen LogP contribution is 2.06.